The Bertz CT molecular complexity index is 352. The monoisotopic (exact) mass is 247 g/mol. The summed E-state index contributed by atoms with van der Waals surface area (Å²) in [5, 5.41) is 0.507. The summed E-state index contributed by atoms with van der Waals surface area (Å²) >= 11 is 0. The van der Waals surface area contributed by atoms with Crippen LogP contribution in [0.15, 0.2) is 17.2 Å². The van der Waals surface area contributed by atoms with Crippen molar-refractivity contribution in [2.75, 3.05) is 0 Å². The molecule has 2 aliphatic rings. The van der Waals surface area contributed by atoms with Crippen LogP contribution in [0.1, 0.15) is 46.5 Å². The standard InChI is InChI=1S/C16H27Si/c1-16(2,3)17(4,5)12-14-11-10-13-8-6-7-9-15(13)14/h10,14H,6-9,12H2,1-5H3. The second-order valence-corrected chi connectivity index (χ2v) is 13.1. The van der Waals surface area contributed by atoms with E-state index in [-0.39, 0.29) is 0 Å². The number of hydrogen-bond donors (Lipinski definition) is 0. The average molecular weight is 247 g/mol. The highest BCUT2D eigenvalue weighted by Crippen LogP contribution is 2.45. The molecule has 0 aromatic rings. The summed E-state index contributed by atoms with van der Waals surface area (Å²) in [6, 6.07) is 1.39. The lowest BCUT2D eigenvalue weighted by atomic mass is 9.89. The van der Waals surface area contributed by atoms with E-state index in [1.54, 1.807) is 11.1 Å². The third kappa shape index (κ3) is 2.59. The Morgan fingerprint density at radius 1 is 1.24 bits per heavy atom. The van der Waals surface area contributed by atoms with Crippen molar-refractivity contribution in [3.63, 3.8) is 0 Å². The van der Waals surface area contributed by atoms with Gasteiger partial charge in [-0.25, -0.2) is 0 Å². The van der Waals surface area contributed by atoms with Crippen LogP contribution in [0.3, 0.4) is 0 Å². The van der Waals surface area contributed by atoms with E-state index in [1.807, 2.05) is 0 Å². The van der Waals surface area contributed by atoms with Crippen molar-refractivity contribution in [2.45, 2.75) is 70.6 Å². The van der Waals surface area contributed by atoms with Gasteiger partial charge in [-0.2, -0.15) is 0 Å². The van der Waals surface area contributed by atoms with Gasteiger partial charge in [0.1, 0.15) is 0 Å². The highest BCUT2D eigenvalue weighted by atomic mass is 28.3. The second kappa shape index (κ2) is 4.42. The molecule has 95 valence electrons. The minimum absolute atomic E-state index is 0.507. The summed E-state index contributed by atoms with van der Waals surface area (Å²) in [6.45, 7) is 12.4. The van der Waals surface area contributed by atoms with Crippen LogP contribution in [0.4, 0.5) is 0 Å². The maximum absolute atomic E-state index is 3.66. The van der Waals surface area contributed by atoms with Crippen molar-refractivity contribution in [1.29, 1.82) is 0 Å². The largest absolute Gasteiger partial charge is 0.0689 e. The van der Waals surface area contributed by atoms with E-state index < -0.39 is 8.07 Å². The third-order valence-corrected chi connectivity index (χ3v) is 10.7. The lowest BCUT2D eigenvalue weighted by molar-refractivity contribution is 0.627. The van der Waals surface area contributed by atoms with Crippen LogP contribution >= 0.6 is 0 Å². The fourth-order valence-electron chi connectivity index (χ4n) is 2.82. The summed E-state index contributed by atoms with van der Waals surface area (Å²) in [6.07, 6.45) is 11.4. The van der Waals surface area contributed by atoms with Crippen LogP contribution in [0, 0.1) is 12.0 Å². The van der Waals surface area contributed by atoms with Gasteiger partial charge in [0, 0.05) is 5.92 Å². The van der Waals surface area contributed by atoms with Crippen LogP contribution < -0.4 is 0 Å². The van der Waals surface area contributed by atoms with Crippen molar-refractivity contribution >= 4 is 8.07 Å². The number of allylic oxidation sites excluding steroid dienone is 4. The van der Waals surface area contributed by atoms with Gasteiger partial charge in [-0.3, -0.25) is 0 Å². The molecule has 17 heavy (non-hydrogen) atoms. The van der Waals surface area contributed by atoms with E-state index in [1.165, 1.54) is 31.7 Å². The zero-order valence-electron chi connectivity index (χ0n) is 12.2. The van der Waals surface area contributed by atoms with Gasteiger partial charge in [0.25, 0.3) is 0 Å². The van der Waals surface area contributed by atoms with Crippen LogP contribution in [-0.4, -0.2) is 8.07 Å². The van der Waals surface area contributed by atoms with E-state index >= 15 is 0 Å². The van der Waals surface area contributed by atoms with Gasteiger partial charge in [0.2, 0.25) is 0 Å². The van der Waals surface area contributed by atoms with Gasteiger partial charge in [0.15, 0.2) is 0 Å². The molecule has 0 bridgehead atoms. The van der Waals surface area contributed by atoms with Gasteiger partial charge >= 0.3 is 0 Å². The van der Waals surface area contributed by atoms with Gasteiger partial charge in [-0.15, -0.1) is 0 Å². The van der Waals surface area contributed by atoms with Crippen molar-refractivity contribution < 1.29 is 0 Å². The summed E-state index contributed by atoms with van der Waals surface area (Å²) in [7, 11) is -1.16. The van der Waals surface area contributed by atoms with E-state index in [4.69, 9.17) is 0 Å². The Labute approximate surface area is 108 Å². The molecule has 0 amide bonds. The third-order valence-electron chi connectivity index (χ3n) is 5.18. The Morgan fingerprint density at radius 3 is 2.53 bits per heavy atom. The van der Waals surface area contributed by atoms with Crippen molar-refractivity contribution in [2.24, 2.45) is 5.92 Å². The molecule has 1 unspecified atom stereocenters. The molecular formula is C16H27Si. The molecular weight excluding hydrogens is 220 g/mol. The molecule has 0 nitrogen and oxygen atoms in total. The minimum Gasteiger partial charge on any atom is -0.0689 e. The van der Waals surface area contributed by atoms with Gasteiger partial charge in [-0.1, -0.05) is 45.5 Å². The molecule has 0 aromatic heterocycles. The van der Waals surface area contributed by atoms with Gasteiger partial charge in [-0.05, 0) is 48.4 Å². The van der Waals surface area contributed by atoms with Crippen molar-refractivity contribution in [1.82, 2.24) is 0 Å². The molecule has 1 atom stereocenters. The highest BCUT2D eigenvalue weighted by Gasteiger charge is 2.38. The molecule has 0 N–H and O–H groups in total. The zero-order chi connectivity index (χ0) is 12.7. The fourth-order valence-corrected chi connectivity index (χ4v) is 4.81. The van der Waals surface area contributed by atoms with Crippen molar-refractivity contribution in [3.8, 4) is 0 Å². The van der Waals surface area contributed by atoms with Crippen LogP contribution in [0.25, 0.3) is 0 Å². The molecule has 1 heteroatoms. The Balaban J connectivity index is 2.11. The maximum Gasteiger partial charge on any atom is 0.0536 e. The van der Waals surface area contributed by atoms with Gasteiger partial charge in [0.05, 0.1) is 8.07 Å². The molecule has 0 aliphatic heterocycles. The Morgan fingerprint density at radius 2 is 1.88 bits per heavy atom. The first-order valence-electron chi connectivity index (χ1n) is 7.12. The maximum atomic E-state index is 3.66. The zero-order valence-corrected chi connectivity index (χ0v) is 13.2. The first kappa shape index (κ1) is 13.1. The second-order valence-electron chi connectivity index (χ2n) is 7.46. The SMILES string of the molecule is CC(C)(C)[Si](C)(C)CC1[C]=CC2=C1CCCC2. The van der Waals surface area contributed by atoms with E-state index in [2.05, 4.69) is 46.0 Å². The average Bonchev–Trinajstić information content (AvgIpc) is 2.60. The topological polar surface area (TPSA) is 0 Å². The van der Waals surface area contributed by atoms with Crippen LogP contribution in [0.2, 0.25) is 24.2 Å². The normalized spacial score (nSPS) is 25.4. The van der Waals surface area contributed by atoms with Crippen molar-refractivity contribution in [3.05, 3.63) is 23.3 Å². The summed E-state index contributed by atoms with van der Waals surface area (Å²) < 4.78 is 0. The van der Waals surface area contributed by atoms with Crippen LogP contribution in [0.5, 0.6) is 0 Å². The fraction of sp³-hybridized carbons (Fsp3) is 0.750. The predicted molar refractivity (Wildman–Crippen MR) is 78.8 cm³/mol. The molecule has 0 spiro atoms. The summed E-state index contributed by atoms with van der Waals surface area (Å²) in [4.78, 5) is 0. The van der Waals surface area contributed by atoms with E-state index in [0.717, 1.165) is 0 Å². The lowest BCUT2D eigenvalue weighted by Crippen LogP contribution is -2.38. The molecule has 2 aliphatic carbocycles. The summed E-state index contributed by atoms with van der Waals surface area (Å²) in [5.74, 6) is 0.672. The highest BCUT2D eigenvalue weighted by molar-refractivity contribution is 6.80. The molecule has 1 radical (unpaired) electrons. The Kier molecular flexibility index (Phi) is 3.42. The summed E-state index contributed by atoms with van der Waals surface area (Å²) in [5.41, 5.74) is 3.39. The first-order chi connectivity index (χ1) is 7.81. The Hall–Kier alpha value is -0.303. The number of hydrogen-bond acceptors (Lipinski definition) is 0. The minimum atomic E-state index is -1.16. The first-order valence-corrected chi connectivity index (χ1v) is 10.3. The predicted octanol–water partition coefficient (Wildman–Crippen LogP) is 5.35. The molecule has 0 heterocycles. The van der Waals surface area contributed by atoms with E-state index in [9.17, 15) is 0 Å². The quantitative estimate of drug-likeness (QED) is 0.577. The number of rotatable bonds is 2. The molecule has 0 saturated carbocycles. The smallest absolute Gasteiger partial charge is 0.0536 e. The van der Waals surface area contributed by atoms with E-state index in [0.29, 0.717) is 11.0 Å². The molecule has 0 aromatic carbocycles. The van der Waals surface area contributed by atoms with Crippen LogP contribution in [-0.2, 0) is 0 Å². The molecule has 0 fully saturated rings. The molecule has 2 rings (SSSR count). The lowest BCUT2D eigenvalue weighted by Gasteiger charge is -2.39. The van der Waals surface area contributed by atoms with Gasteiger partial charge < -0.3 is 0 Å². The molecule has 0 saturated heterocycles.